The molecule has 0 aromatic heterocycles. The van der Waals surface area contributed by atoms with E-state index < -0.39 is 23.7 Å². The minimum Gasteiger partial charge on any atom is -0.497 e. The molecule has 0 saturated heterocycles. The van der Waals surface area contributed by atoms with Crippen LogP contribution >= 0.6 is 0 Å². The van der Waals surface area contributed by atoms with Crippen LogP contribution in [0.3, 0.4) is 0 Å². The number of carbonyl (C=O) groups excluding carboxylic acids is 2. The van der Waals surface area contributed by atoms with Gasteiger partial charge in [0.1, 0.15) is 11.5 Å². The van der Waals surface area contributed by atoms with E-state index in [1.165, 1.54) is 19.1 Å². The van der Waals surface area contributed by atoms with Crippen LogP contribution < -0.4 is 14.4 Å². The standard InChI is InChI=1S/C27H25NO5/c1-32-20-14-15-21(25(17-20)33-2)24(29)18-27(31)22-12-6-7-13-23(22)28(26(27)30)16-8-11-19-9-4-3-5-10-19/h3-15,17,31H,16,18H2,1-2H3. The Morgan fingerprint density at radius 1 is 1.00 bits per heavy atom. The van der Waals surface area contributed by atoms with E-state index in [-0.39, 0.29) is 12.1 Å². The number of carbonyl (C=O) groups is 2. The number of anilines is 1. The average molecular weight is 443 g/mol. The zero-order valence-corrected chi connectivity index (χ0v) is 18.5. The van der Waals surface area contributed by atoms with E-state index in [4.69, 9.17) is 9.47 Å². The molecule has 1 atom stereocenters. The molecule has 0 fully saturated rings. The van der Waals surface area contributed by atoms with Crippen molar-refractivity contribution in [3.8, 4) is 11.5 Å². The van der Waals surface area contributed by atoms with Gasteiger partial charge in [0.25, 0.3) is 5.91 Å². The van der Waals surface area contributed by atoms with Gasteiger partial charge in [-0.3, -0.25) is 9.59 Å². The van der Waals surface area contributed by atoms with Crippen LogP contribution in [0.4, 0.5) is 5.69 Å². The number of hydrogen-bond donors (Lipinski definition) is 1. The number of fused-ring (bicyclic) bond motifs is 1. The Morgan fingerprint density at radius 2 is 1.73 bits per heavy atom. The third-order valence-corrected chi connectivity index (χ3v) is 5.76. The quantitative estimate of drug-likeness (QED) is 0.528. The van der Waals surface area contributed by atoms with Crippen molar-refractivity contribution in [1.29, 1.82) is 0 Å². The Labute approximate surface area is 192 Å². The normalized spacial score (nSPS) is 17.3. The van der Waals surface area contributed by atoms with Gasteiger partial charge >= 0.3 is 0 Å². The SMILES string of the molecule is COc1ccc(C(=O)CC2(O)C(=O)N(CC=Cc3ccccc3)c3ccccc32)c(OC)c1. The monoisotopic (exact) mass is 443 g/mol. The van der Waals surface area contributed by atoms with Gasteiger partial charge in [-0.05, 0) is 23.8 Å². The molecule has 0 spiro atoms. The summed E-state index contributed by atoms with van der Waals surface area (Å²) < 4.78 is 10.5. The van der Waals surface area contributed by atoms with Gasteiger partial charge in [-0.2, -0.15) is 0 Å². The van der Waals surface area contributed by atoms with E-state index in [2.05, 4.69) is 0 Å². The molecule has 0 bridgehead atoms. The number of Topliss-reactive ketones (excluding diaryl/α,β-unsaturated/α-hetero) is 1. The van der Waals surface area contributed by atoms with Crippen molar-refractivity contribution in [3.05, 3.63) is 95.6 Å². The first-order chi connectivity index (χ1) is 16.0. The lowest BCUT2D eigenvalue weighted by Gasteiger charge is -2.22. The largest absolute Gasteiger partial charge is 0.497 e. The highest BCUT2D eigenvalue weighted by atomic mass is 16.5. The summed E-state index contributed by atoms with van der Waals surface area (Å²) in [5.74, 6) is -0.0609. The smallest absolute Gasteiger partial charge is 0.264 e. The zero-order chi connectivity index (χ0) is 23.4. The van der Waals surface area contributed by atoms with Crippen molar-refractivity contribution >= 4 is 23.5 Å². The van der Waals surface area contributed by atoms with E-state index in [9.17, 15) is 14.7 Å². The van der Waals surface area contributed by atoms with Crippen molar-refractivity contribution in [2.24, 2.45) is 0 Å². The van der Waals surface area contributed by atoms with Crippen molar-refractivity contribution in [3.63, 3.8) is 0 Å². The van der Waals surface area contributed by atoms with Crippen LogP contribution in [0.15, 0.2) is 78.9 Å². The minimum absolute atomic E-state index is 0.271. The molecule has 33 heavy (non-hydrogen) atoms. The Balaban J connectivity index is 1.61. The number of methoxy groups -OCH3 is 2. The number of nitrogens with zero attached hydrogens (tertiary/aromatic N) is 1. The van der Waals surface area contributed by atoms with E-state index >= 15 is 0 Å². The zero-order valence-electron chi connectivity index (χ0n) is 18.5. The topological polar surface area (TPSA) is 76.1 Å². The first kappa shape index (κ1) is 22.3. The maximum absolute atomic E-state index is 13.4. The van der Waals surface area contributed by atoms with E-state index in [1.807, 2.05) is 42.5 Å². The predicted molar refractivity (Wildman–Crippen MR) is 127 cm³/mol. The number of para-hydroxylation sites is 1. The molecule has 0 aliphatic carbocycles. The highest BCUT2D eigenvalue weighted by Crippen LogP contribution is 2.43. The van der Waals surface area contributed by atoms with Crippen molar-refractivity contribution < 1.29 is 24.2 Å². The van der Waals surface area contributed by atoms with Gasteiger partial charge in [0, 0.05) is 18.2 Å². The highest BCUT2D eigenvalue weighted by Gasteiger charge is 2.50. The van der Waals surface area contributed by atoms with Gasteiger partial charge in [0.15, 0.2) is 11.4 Å². The molecule has 1 aliphatic heterocycles. The van der Waals surface area contributed by atoms with Gasteiger partial charge < -0.3 is 19.5 Å². The highest BCUT2D eigenvalue weighted by molar-refractivity contribution is 6.11. The summed E-state index contributed by atoms with van der Waals surface area (Å²) in [6, 6.07) is 21.6. The molecule has 3 aromatic carbocycles. The van der Waals surface area contributed by atoms with Crippen LogP contribution in [0.2, 0.25) is 0 Å². The van der Waals surface area contributed by atoms with Gasteiger partial charge in [-0.15, -0.1) is 0 Å². The molecule has 1 N–H and O–H groups in total. The lowest BCUT2D eigenvalue weighted by molar-refractivity contribution is -0.135. The van der Waals surface area contributed by atoms with Gasteiger partial charge in [0.2, 0.25) is 0 Å². The number of benzene rings is 3. The molecular formula is C27H25NO5. The van der Waals surface area contributed by atoms with Gasteiger partial charge in [0.05, 0.1) is 31.9 Å². The van der Waals surface area contributed by atoms with Gasteiger partial charge in [-0.25, -0.2) is 0 Å². The fourth-order valence-electron chi connectivity index (χ4n) is 4.07. The molecule has 1 heterocycles. The fraction of sp³-hybridized carbons (Fsp3) is 0.185. The predicted octanol–water partition coefficient (Wildman–Crippen LogP) is 4.22. The molecule has 6 heteroatoms. The number of amides is 1. The second-order valence-electron chi connectivity index (χ2n) is 7.77. The summed E-state index contributed by atoms with van der Waals surface area (Å²) in [7, 11) is 2.98. The van der Waals surface area contributed by atoms with E-state index in [1.54, 1.807) is 42.5 Å². The van der Waals surface area contributed by atoms with Crippen LogP contribution in [0.5, 0.6) is 11.5 Å². The van der Waals surface area contributed by atoms with E-state index in [0.717, 1.165) is 5.56 Å². The molecule has 1 unspecified atom stereocenters. The molecule has 168 valence electrons. The van der Waals surface area contributed by atoms with Crippen LogP contribution in [0, 0.1) is 0 Å². The molecule has 0 saturated carbocycles. The molecule has 4 rings (SSSR count). The third-order valence-electron chi connectivity index (χ3n) is 5.76. The summed E-state index contributed by atoms with van der Waals surface area (Å²) in [6.45, 7) is 0.271. The Kier molecular flexibility index (Phi) is 6.29. The Hall–Kier alpha value is -3.90. The Morgan fingerprint density at radius 3 is 2.45 bits per heavy atom. The molecule has 1 amide bonds. The van der Waals surface area contributed by atoms with Crippen LogP contribution in [-0.4, -0.2) is 37.6 Å². The van der Waals surface area contributed by atoms with Crippen molar-refractivity contribution in [1.82, 2.24) is 0 Å². The molecular weight excluding hydrogens is 418 g/mol. The van der Waals surface area contributed by atoms with E-state index in [0.29, 0.717) is 22.7 Å². The third kappa shape index (κ3) is 4.25. The Bertz CT molecular complexity index is 1200. The first-order valence-corrected chi connectivity index (χ1v) is 10.6. The number of rotatable bonds is 8. The summed E-state index contributed by atoms with van der Waals surface area (Å²) >= 11 is 0. The average Bonchev–Trinajstić information content (AvgIpc) is 3.06. The first-order valence-electron chi connectivity index (χ1n) is 10.6. The molecule has 1 aliphatic rings. The molecule has 6 nitrogen and oxygen atoms in total. The molecule has 0 radical (unpaired) electrons. The lowest BCUT2D eigenvalue weighted by Crippen LogP contribution is -2.42. The fourth-order valence-corrected chi connectivity index (χ4v) is 4.07. The number of hydrogen-bond acceptors (Lipinski definition) is 5. The maximum atomic E-state index is 13.4. The van der Waals surface area contributed by atoms with Crippen LogP contribution in [0.1, 0.15) is 27.9 Å². The number of ether oxygens (including phenoxy) is 2. The number of aliphatic hydroxyl groups is 1. The van der Waals surface area contributed by atoms with Crippen LogP contribution in [-0.2, 0) is 10.4 Å². The van der Waals surface area contributed by atoms with Crippen molar-refractivity contribution in [2.75, 3.05) is 25.7 Å². The van der Waals surface area contributed by atoms with Crippen LogP contribution in [0.25, 0.3) is 6.08 Å². The maximum Gasteiger partial charge on any atom is 0.264 e. The minimum atomic E-state index is -1.96. The second kappa shape index (κ2) is 9.30. The lowest BCUT2D eigenvalue weighted by atomic mass is 9.88. The summed E-state index contributed by atoms with van der Waals surface area (Å²) in [4.78, 5) is 28.1. The van der Waals surface area contributed by atoms with Gasteiger partial charge in [-0.1, -0.05) is 60.7 Å². The summed E-state index contributed by atoms with van der Waals surface area (Å²) in [6.07, 6.45) is 3.38. The summed E-state index contributed by atoms with van der Waals surface area (Å²) in [5.41, 5.74) is 0.342. The van der Waals surface area contributed by atoms with Crippen molar-refractivity contribution in [2.45, 2.75) is 12.0 Å². The molecule has 3 aromatic rings. The second-order valence-corrected chi connectivity index (χ2v) is 7.77. The summed E-state index contributed by atoms with van der Waals surface area (Å²) in [5, 5.41) is 11.5. The number of ketones is 1.